The second kappa shape index (κ2) is 5.75. The molecule has 5 heteroatoms. The van der Waals surface area contributed by atoms with E-state index in [1.54, 1.807) is 25.4 Å². The lowest BCUT2D eigenvalue weighted by molar-refractivity contribution is 0.300. The van der Waals surface area contributed by atoms with Crippen LogP contribution in [0.15, 0.2) is 30.6 Å². The van der Waals surface area contributed by atoms with Crippen LogP contribution in [0.3, 0.4) is 0 Å². The minimum Gasteiger partial charge on any atom is -0.508 e. The van der Waals surface area contributed by atoms with Crippen molar-refractivity contribution in [1.29, 1.82) is 0 Å². The Hall–Kier alpha value is -2.01. The van der Waals surface area contributed by atoms with Crippen molar-refractivity contribution in [3.05, 3.63) is 42.0 Å². The lowest BCUT2D eigenvalue weighted by Gasteiger charge is -2.17. The molecule has 0 aliphatic rings. The average molecular weight is 261 g/mol. The first-order valence-corrected chi connectivity index (χ1v) is 6.10. The molecule has 2 aromatic rings. The molecule has 102 valence electrons. The SMILES string of the molecule is COc1ccc(O)c(CN(C)Cc2nccn2C)c1. The normalized spacial score (nSPS) is 10.9. The van der Waals surface area contributed by atoms with E-state index in [1.165, 1.54) is 0 Å². The Bertz CT molecular complexity index is 551. The molecule has 0 saturated heterocycles. The van der Waals surface area contributed by atoms with E-state index in [-0.39, 0.29) is 5.75 Å². The molecule has 19 heavy (non-hydrogen) atoms. The maximum Gasteiger partial charge on any atom is 0.122 e. The van der Waals surface area contributed by atoms with Crippen molar-refractivity contribution in [2.24, 2.45) is 7.05 Å². The molecule has 0 spiro atoms. The van der Waals surface area contributed by atoms with Crippen molar-refractivity contribution in [3.8, 4) is 11.5 Å². The van der Waals surface area contributed by atoms with Gasteiger partial charge >= 0.3 is 0 Å². The van der Waals surface area contributed by atoms with E-state index in [4.69, 9.17) is 4.74 Å². The highest BCUT2D eigenvalue weighted by Gasteiger charge is 2.09. The number of nitrogens with zero attached hydrogens (tertiary/aromatic N) is 3. The first kappa shape index (κ1) is 13.4. The van der Waals surface area contributed by atoms with Crippen LogP contribution in [0.25, 0.3) is 0 Å². The first-order chi connectivity index (χ1) is 9.10. The summed E-state index contributed by atoms with van der Waals surface area (Å²) in [7, 11) is 5.58. The van der Waals surface area contributed by atoms with Gasteiger partial charge in [-0.1, -0.05) is 0 Å². The van der Waals surface area contributed by atoms with Crippen molar-refractivity contribution in [3.63, 3.8) is 0 Å². The maximum atomic E-state index is 9.86. The third-order valence-electron chi connectivity index (χ3n) is 3.06. The molecular formula is C14H19N3O2. The van der Waals surface area contributed by atoms with Crippen LogP contribution in [-0.2, 0) is 20.1 Å². The minimum atomic E-state index is 0.285. The average Bonchev–Trinajstić information content (AvgIpc) is 2.78. The summed E-state index contributed by atoms with van der Waals surface area (Å²) in [5.74, 6) is 2.02. The summed E-state index contributed by atoms with van der Waals surface area (Å²) in [6, 6.07) is 5.25. The summed E-state index contributed by atoms with van der Waals surface area (Å²) in [6.45, 7) is 1.36. The number of hydrogen-bond acceptors (Lipinski definition) is 4. The number of rotatable bonds is 5. The Morgan fingerprint density at radius 3 is 2.79 bits per heavy atom. The van der Waals surface area contributed by atoms with E-state index < -0.39 is 0 Å². The monoisotopic (exact) mass is 261 g/mol. The van der Waals surface area contributed by atoms with Crippen molar-refractivity contribution >= 4 is 0 Å². The molecular weight excluding hydrogens is 242 g/mol. The van der Waals surface area contributed by atoms with Crippen LogP contribution in [0.5, 0.6) is 11.5 Å². The predicted octanol–water partition coefficient (Wildman–Crippen LogP) is 1.77. The van der Waals surface area contributed by atoms with Gasteiger partial charge in [0.1, 0.15) is 17.3 Å². The molecule has 5 nitrogen and oxygen atoms in total. The molecule has 0 unspecified atom stereocenters. The van der Waals surface area contributed by atoms with Gasteiger partial charge in [0.2, 0.25) is 0 Å². The van der Waals surface area contributed by atoms with Gasteiger partial charge in [-0.2, -0.15) is 0 Å². The molecule has 0 fully saturated rings. The van der Waals surface area contributed by atoms with Gasteiger partial charge < -0.3 is 14.4 Å². The van der Waals surface area contributed by atoms with E-state index >= 15 is 0 Å². The molecule has 0 amide bonds. The Labute approximate surface area is 113 Å². The highest BCUT2D eigenvalue weighted by atomic mass is 16.5. The van der Waals surface area contributed by atoms with Crippen molar-refractivity contribution in [2.75, 3.05) is 14.2 Å². The van der Waals surface area contributed by atoms with E-state index in [0.717, 1.165) is 23.7 Å². The van der Waals surface area contributed by atoms with Crippen LogP contribution in [0.4, 0.5) is 0 Å². The number of aromatic nitrogens is 2. The van der Waals surface area contributed by atoms with Crippen LogP contribution in [0, 0.1) is 0 Å². The maximum absolute atomic E-state index is 9.86. The number of aryl methyl sites for hydroxylation is 1. The fraction of sp³-hybridized carbons (Fsp3) is 0.357. The number of imidazole rings is 1. The Kier molecular flexibility index (Phi) is 4.06. The van der Waals surface area contributed by atoms with Crippen molar-refractivity contribution < 1.29 is 9.84 Å². The highest BCUT2D eigenvalue weighted by molar-refractivity contribution is 5.39. The van der Waals surface area contributed by atoms with Gasteiger partial charge in [-0.25, -0.2) is 4.98 Å². The number of hydrogen-bond donors (Lipinski definition) is 1. The summed E-state index contributed by atoms with van der Waals surface area (Å²) in [5, 5.41) is 9.86. The van der Waals surface area contributed by atoms with Crippen LogP contribution in [-0.4, -0.2) is 33.7 Å². The molecule has 1 aromatic carbocycles. The molecule has 1 aromatic heterocycles. The Morgan fingerprint density at radius 2 is 2.16 bits per heavy atom. The number of benzene rings is 1. The van der Waals surface area contributed by atoms with E-state index in [2.05, 4.69) is 9.88 Å². The third-order valence-corrected chi connectivity index (χ3v) is 3.06. The number of aromatic hydroxyl groups is 1. The molecule has 0 aliphatic carbocycles. The largest absolute Gasteiger partial charge is 0.508 e. The predicted molar refractivity (Wildman–Crippen MR) is 73.0 cm³/mol. The summed E-state index contributed by atoms with van der Waals surface area (Å²) in [5.41, 5.74) is 0.844. The second-order valence-corrected chi connectivity index (χ2v) is 4.62. The summed E-state index contributed by atoms with van der Waals surface area (Å²) in [4.78, 5) is 6.38. The van der Waals surface area contributed by atoms with E-state index in [0.29, 0.717) is 6.54 Å². The lowest BCUT2D eigenvalue weighted by Crippen LogP contribution is -2.19. The third kappa shape index (κ3) is 3.26. The molecule has 0 bridgehead atoms. The zero-order valence-corrected chi connectivity index (χ0v) is 11.5. The zero-order chi connectivity index (χ0) is 13.8. The zero-order valence-electron chi connectivity index (χ0n) is 11.5. The van der Waals surface area contributed by atoms with Gasteiger partial charge in [-0.3, -0.25) is 4.90 Å². The van der Waals surface area contributed by atoms with Crippen LogP contribution in [0.2, 0.25) is 0 Å². The van der Waals surface area contributed by atoms with Gasteiger partial charge in [0.05, 0.1) is 13.7 Å². The number of ether oxygens (including phenoxy) is 1. The topological polar surface area (TPSA) is 50.5 Å². The molecule has 0 atom stereocenters. The Balaban J connectivity index is 2.06. The smallest absolute Gasteiger partial charge is 0.122 e. The summed E-state index contributed by atoms with van der Waals surface area (Å²) >= 11 is 0. The van der Waals surface area contributed by atoms with Crippen molar-refractivity contribution in [2.45, 2.75) is 13.1 Å². The minimum absolute atomic E-state index is 0.285. The molecule has 0 aliphatic heterocycles. The van der Waals surface area contributed by atoms with Gasteiger partial charge in [-0.05, 0) is 25.2 Å². The summed E-state index contributed by atoms with van der Waals surface area (Å²) in [6.07, 6.45) is 3.71. The standard InChI is InChI=1S/C14H19N3O2/c1-16(10-14-15-6-7-17(14)2)9-11-8-12(19-3)4-5-13(11)18/h4-8,18H,9-10H2,1-3H3. The van der Waals surface area contributed by atoms with Crippen LogP contribution in [0.1, 0.15) is 11.4 Å². The number of phenolic OH excluding ortho intramolecular Hbond substituents is 1. The van der Waals surface area contributed by atoms with E-state index in [9.17, 15) is 5.11 Å². The van der Waals surface area contributed by atoms with Gasteiger partial charge in [-0.15, -0.1) is 0 Å². The van der Waals surface area contributed by atoms with E-state index in [1.807, 2.05) is 30.9 Å². The van der Waals surface area contributed by atoms with Gasteiger partial charge in [0, 0.05) is 31.5 Å². The lowest BCUT2D eigenvalue weighted by atomic mass is 10.2. The molecule has 2 rings (SSSR count). The first-order valence-electron chi connectivity index (χ1n) is 6.10. The number of methoxy groups -OCH3 is 1. The van der Waals surface area contributed by atoms with Gasteiger partial charge in [0.25, 0.3) is 0 Å². The molecule has 0 saturated carbocycles. The molecule has 0 radical (unpaired) electrons. The molecule has 1 heterocycles. The Morgan fingerprint density at radius 1 is 1.37 bits per heavy atom. The molecule has 1 N–H and O–H groups in total. The van der Waals surface area contributed by atoms with Crippen molar-refractivity contribution in [1.82, 2.24) is 14.5 Å². The van der Waals surface area contributed by atoms with Crippen LogP contribution >= 0.6 is 0 Å². The summed E-state index contributed by atoms with van der Waals surface area (Å²) < 4.78 is 7.16. The fourth-order valence-corrected chi connectivity index (χ4v) is 1.95. The fourth-order valence-electron chi connectivity index (χ4n) is 1.95. The van der Waals surface area contributed by atoms with Gasteiger partial charge in [0.15, 0.2) is 0 Å². The second-order valence-electron chi connectivity index (χ2n) is 4.62. The quantitative estimate of drug-likeness (QED) is 0.891. The number of phenols is 1. The van der Waals surface area contributed by atoms with Crippen LogP contribution < -0.4 is 4.74 Å². The highest BCUT2D eigenvalue weighted by Crippen LogP contribution is 2.24.